The molecule has 100 valence electrons. The second kappa shape index (κ2) is 6.40. The van der Waals surface area contributed by atoms with Gasteiger partial charge in [0.1, 0.15) is 11.3 Å². The minimum absolute atomic E-state index is 0.270. The summed E-state index contributed by atoms with van der Waals surface area (Å²) in [6, 6.07) is 7.80. The molecule has 1 aromatic carbocycles. The predicted octanol–water partition coefficient (Wildman–Crippen LogP) is 2.13. The lowest BCUT2D eigenvalue weighted by Crippen LogP contribution is -2.46. The molecule has 0 radical (unpaired) electrons. The fraction of sp³-hybridized carbons (Fsp3) is 0.500. The second-order valence-electron chi connectivity index (χ2n) is 4.55. The predicted molar refractivity (Wildman–Crippen MR) is 70.5 cm³/mol. The number of hydrogen-bond acceptors (Lipinski definition) is 4. The Morgan fingerprint density at radius 2 is 1.89 bits per heavy atom. The third-order valence-corrected chi connectivity index (χ3v) is 2.66. The van der Waals surface area contributed by atoms with Gasteiger partial charge in [-0.15, -0.1) is 0 Å². The summed E-state index contributed by atoms with van der Waals surface area (Å²) in [5.41, 5.74) is 0.406. The van der Waals surface area contributed by atoms with E-state index in [0.29, 0.717) is 13.2 Å². The summed E-state index contributed by atoms with van der Waals surface area (Å²) in [5, 5.41) is 3.16. The van der Waals surface area contributed by atoms with Gasteiger partial charge in [0, 0.05) is 6.54 Å². The summed E-state index contributed by atoms with van der Waals surface area (Å²) >= 11 is 0. The first kappa shape index (κ1) is 14.5. The lowest BCUT2D eigenvalue weighted by Gasteiger charge is -2.23. The van der Waals surface area contributed by atoms with Gasteiger partial charge in [0.15, 0.2) is 0 Å². The Morgan fingerprint density at radius 1 is 1.28 bits per heavy atom. The van der Waals surface area contributed by atoms with Gasteiger partial charge < -0.3 is 9.47 Å². The highest BCUT2D eigenvalue weighted by Crippen LogP contribution is 2.13. The molecule has 4 nitrogen and oxygen atoms in total. The van der Waals surface area contributed by atoms with E-state index in [1.54, 1.807) is 13.8 Å². The standard InChI is InChI=1S/C14H21NO3/c1-5-18-12-8-6-11(7-9-12)10-15-14(2,3)13(16)17-4/h6-9,15H,5,10H2,1-4H3. The van der Waals surface area contributed by atoms with Crippen LogP contribution >= 0.6 is 0 Å². The monoisotopic (exact) mass is 251 g/mol. The molecule has 0 aliphatic rings. The molecule has 0 fully saturated rings. The minimum Gasteiger partial charge on any atom is -0.494 e. The Hall–Kier alpha value is -1.55. The van der Waals surface area contributed by atoms with Crippen molar-refractivity contribution in [1.82, 2.24) is 5.32 Å². The van der Waals surface area contributed by atoms with Gasteiger partial charge in [-0.25, -0.2) is 0 Å². The quantitative estimate of drug-likeness (QED) is 0.787. The summed E-state index contributed by atoms with van der Waals surface area (Å²) < 4.78 is 10.1. The van der Waals surface area contributed by atoms with Gasteiger partial charge in [-0.1, -0.05) is 12.1 Å². The zero-order chi connectivity index (χ0) is 13.6. The normalized spacial score (nSPS) is 11.1. The third kappa shape index (κ3) is 4.04. The van der Waals surface area contributed by atoms with Gasteiger partial charge in [0.2, 0.25) is 0 Å². The summed E-state index contributed by atoms with van der Waals surface area (Å²) in [7, 11) is 1.39. The van der Waals surface area contributed by atoms with Crippen molar-refractivity contribution in [3.8, 4) is 5.75 Å². The summed E-state index contributed by atoms with van der Waals surface area (Å²) in [6.45, 7) is 6.82. The highest BCUT2D eigenvalue weighted by Gasteiger charge is 2.27. The summed E-state index contributed by atoms with van der Waals surface area (Å²) in [4.78, 5) is 11.5. The number of esters is 1. The fourth-order valence-electron chi connectivity index (χ4n) is 1.52. The zero-order valence-corrected chi connectivity index (χ0v) is 11.4. The van der Waals surface area contributed by atoms with E-state index in [9.17, 15) is 4.79 Å². The Morgan fingerprint density at radius 3 is 2.39 bits per heavy atom. The number of ether oxygens (including phenoxy) is 2. The van der Waals surface area contributed by atoms with Crippen LogP contribution in [0.1, 0.15) is 26.3 Å². The van der Waals surface area contributed by atoms with Crippen molar-refractivity contribution in [2.45, 2.75) is 32.9 Å². The van der Waals surface area contributed by atoms with Crippen molar-refractivity contribution in [3.05, 3.63) is 29.8 Å². The molecular formula is C14H21NO3. The van der Waals surface area contributed by atoms with E-state index in [-0.39, 0.29) is 5.97 Å². The molecule has 0 bridgehead atoms. The number of carbonyl (C=O) groups excluding carboxylic acids is 1. The number of nitrogens with one attached hydrogen (secondary N) is 1. The van der Waals surface area contributed by atoms with E-state index in [4.69, 9.17) is 9.47 Å². The van der Waals surface area contributed by atoms with Crippen LogP contribution in [0.15, 0.2) is 24.3 Å². The molecule has 0 amide bonds. The van der Waals surface area contributed by atoms with Crippen LogP contribution in [0.4, 0.5) is 0 Å². The van der Waals surface area contributed by atoms with E-state index in [0.717, 1.165) is 11.3 Å². The van der Waals surface area contributed by atoms with Crippen molar-refractivity contribution in [1.29, 1.82) is 0 Å². The topological polar surface area (TPSA) is 47.6 Å². The molecule has 0 unspecified atom stereocenters. The number of benzene rings is 1. The molecule has 0 saturated heterocycles. The molecule has 0 aliphatic carbocycles. The molecule has 0 saturated carbocycles. The smallest absolute Gasteiger partial charge is 0.325 e. The average molecular weight is 251 g/mol. The maximum Gasteiger partial charge on any atom is 0.325 e. The van der Waals surface area contributed by atoms with Crippen molar-refractivity contribution >= 4 is 5.97 Å². The molecular weight excluding hydrogens is 230 g/mol. The number of methoxy groups -OCH3 is 1. The molecule has 0 heterocycles. The lowest BCUT2D eigenvalue weighted by molar-refractivity contribution is -0.147. The van der Waals surface area contributed by atoms with Crippen LogP contribution in [0.3, 0.4) is 0 Å². The van der Waals surface area contributed by atoms with E-state index < -0.39 is 5.54 Å². The van der Waals surface area contributed by atoms with Crippen LogP contribution in [-0.2, 0) is 16.1 Å². The molecule has 0 aliphatic heterocycles. The van der Waals surface area contributed by atoms with E-state index in [1.807, 2.05) is 31.2 Å². The molecule has 0 spiro atoms. The van der Waals surface area contributed by atoms with Crippen LogP contribution in [-0.4, -0.2) is 25.2 Å². The maximum absolute atomic E-state index is 11.5. The first-order valence-electron chi connectivity index (χ1n) is 6.04. The second-order valence-corrected chi connectivity index (χ2v) is 4.55. The van der Waals surface area contributed by atoms with Crippen LogP contribution in [0.5, 0.6) is 5.75 Å². The van der Waals surface area contributed by atoms with Gasteiger partial charge in [-0.2, -0.15) is 0 Å². The lowest BCUT2D eigenvalue weighted by atomic mass is 10.1. The molecule has 1 aromatic rings. The van der Waals surface area contributed by atoms with E-state index in [2.05, 4.69) is 5.32 Å². The molecule has 18 heavy (non-hydrogen) atoms. The summed E-state index contributed by atoms with van der Waals surface area (Å²) in [5.74, 6) is 0.585. The van der Waals surface area contributed by atoms with E-state index in [1.165, 1.54) is 7.11 Å². The SMILES string of the molecule is CCOc1ccc(CNC(C)(C)C(=O)OC)cc1. The van der Waals surface area contributed by atoms with Gasteiger partial charge in [0.05, 0.1) is 13.7 Å². The van der Waals surface area contributed by atoms with Crippen molar-refractivity contribution in [2.24, 2.45) is 0 Å². The Kier molecular flexibility index (Phi) is 5.16. The van der Waals surface area contributed by atoms with Crippen molar-refractivity contribution in [2.75, 3.05) is 13.7 Å². The van der Waals surface area contributed by atoms with Crippen molar-refractivity contribution < 1.29 is 14.3 Å². The van der Waals surface area contributed by atoms with Crippen LogP contribution in [0.25, 0.3) is 0 Å². The van der Waals surface area contributed by atoms with E-state index >= 15 is 0 Å². The Balaban J connectivity index is 2.55. The first-order valence-corrected chi connectivity index (χ1v) is 6.04. The van der Waals surface area contributed by atoms with Crippen molar-refractivity contribution in [3.63, 3.8) is 0 Å². The molecule has 1 N–H and O–H groups in total. The van der Waals surface area contributed by atoms with Crippen LogP contribution in [0, 0.1) is 0 Å². The Labute approximate surface area is 108 Å². The van der Waals surface area contributed by atoms with Gasteiger partial charge in [-0.05, 0) is 38.5 Å². The molecule has 0 atom stereocenters. The zero-order valence-electron chi connectivity index (χ0n) is 11.4. The van der Waals surface area contributed by atoms with Crippen LogP contribution < -0.4 is 10.1 Å². The number of hydrogen-bond donors (Lipinski definition) is 1. The maximum atomic E-state index is 11.5. The summed E-state index contributed by atoms with van der Waals surface area (Å²) in [6.07, 6.45) is 0. The molecule has 0 aromatic heterocycles. The third-order valence-electron chi connectivity index (χ3n) is 2.66. The fourth-order valence-corrected chi connectivity index (χ4v) is 1.52. The van der Waals surface area contributed by atoms with Crippen LogP contribution in [0.2, 0.25) is 0 Å². The van der Waals surface area contributed by atoms with Gasteiger partial charge >= 0.3 is 5.97 Å². The largest absolute Gasteiger partial charge is 0.494 e. The minimum atomic E-state index is -0.687. The van der Waals surface area contributed by atoms with Gasteiger partial charge in [0.25, 0.3) is 0 Å². The number of rotatable bonds is 6. The number of carbonyl (C=O) groups is 1. The van der Waals surface area contributed by atoms with Gasteiger partial charge in [-0.3, -0.25) is 10.1 Å². The average Bonchev–Trinajstić information content (AvgIpc) is 2.37. The molecule has 1 rings (SSSR count). The molecule has 4 heteroatoms. The first-order chi connectivity index (χ1) is 8.49. The highest BCUT2D eigenvalue weighted by molar-refractivity contribution is 5.79. The Bertz CT molecular complexity index is 385. The highest BCUT2D eigenvalue weighted by atomic mass is 16.5.